The first kappa shape index (κ1) is 14.6. The largest absolute Gasteiger partial charge is 0.359 e. The molecule has 1 aromatic carbocycles. The maximum atomic E-state index is 12.2. The molecule has 1 heterocycles. The monoisotopic (exact) mass is 334 g/mol. The fourth-order valence-electron chi connectivity index (χ4n) is 1.91. The quantitative estimate of drug-likeness (QED) is 0.652. The average Bonchev–Trinajstić information content (AvgIpc) is 2.50. The number of para-hydroxylation sites is 1. The molecule has 2 rings (SSSR count). The van der Waals surface area contributed by atoms with Crippen LogP contribution in [-0.2, 0) is 4.79 Å². The van der Waals surface area contributed by atoms with E-state index in [4.69, 9.17) is 5.26 Å². The fraction of sp³-hybridized carbons (Fsp3) is 0.286. The summed E-state index contributed by atoms with van der Waals surface area (Å²) in [5, 5.41) is 15.3. The third-order valence-electron chi connectivity index (χ3n) is 3.00. The lowest BCUT2D eigenvalue weighted by atomic mass is 10.2. The van der Waals surface area contributed by atoms with Crippen LogP contribution < -0.4 is 10.6 Å². The summed E-state index contributed by atoms with van der Waals surface area (Å²) in [6.07, 6.45) is 1.46. The first-order valence-electron chi connectivity index (χ1n) is 6.33. The van der Waals surface area contributed by atoms with Crippen molar-refractivity contribution in [3.63, 3.8) is 0 Å². The van der Waals surface area contributed by atoms with E-state index in [9.17, 15) is 4.79 Å². The van der Waals surface area contributed by atoms with Gasteiger partial charge in [0.15, 0.2) is 0 Å². The van der Waals surface area contributed by atoms with Gasteiger partial charge in [-0.2, -0.15) is 5.26 Å². The van der Waals surface area contributed by atoms with E-state index in [-0.39, 0.29) is 11.5 Å². The number of carbonyl (C=O) groups excluding carboxylic acids is 1. The van der Waals surface area contributed by atoms with E-state index in [0.717, 1.165) is 23.2 Å². The second-order valence-corrected chi connectivity index (χ2v) is 5.19. The number of amides is 1. The van der Waals surface area contributed by atoms with Gasteiger partial charge < -0.3 is 15.5 Å². The molecule has 1 saturated heterocycles. The number of nitriles is 1. The molecular formula is C14H15BrN4O. The lowest BCUT2D eigenvalue weighted by Crippen LogP contribution is -2.46. The molecule has 0 unspecified atom stereocenters. The van der Waals surface area contributed by atoms with Crippen molar-refractivity contribution in [2.75, 3.05) is 31.5 Å². The third kappa shape index (κ3) is 3.59. The Kier molecular flexibility index (Phi) is 5.16. The van der Waals surface area contributed by atoms with Crippen LogP contribution in [0, 0.1) is 11.3 Å². The normalized spacial score (nSPS) is 15.6. The molecule has 0 aliphatic carbocycles. The first-order valence-corrected chi connectivity index (χ1v) is 7.13. The second kappa shape index (κ2) is 7.08. The van der Waals surface area contributed by atoms with Crippen molar-refractivity contribution in [3.05, 3.63) is 40.5 Å². The summed E-state index contributed by atoms with van der Waals surface area (Å²) in [7, 11) is 0. The highest BCUT2D eigenvalue weighted by atomic mass is 79.9. The molecule has 5 nitrogen and oxygen atoms in total. The van der Waals surface area contributed by atoms with Gasteiger partial charge in [0.05, 0.1) is 5.69 Å². The Morgan fingerprint density at radius 2 is 2.10 bits per heavy atom. The molecule has 1 fully saturated rings. The standard InChI is InChI=1S/C14H15BrN4O/c15-12-3-1-2-4-13(12)18-10-11(9-16)14(20)19-7-5-17-6-8-19/h1-4,10,17-18H,5-8H2/b11-10-. The summed E-state index contributed by atoms with van der Waals surface area (Å²) >= 11 is 3.40. The van der Waals surface area contributed by atoms with Crippen LogP contribution in [0.3, 0.4) is 0 Å². The number of anilines is 1. The summed E-state index contributed by atoms with van der Waals surface area (Å²) in [5.41, 5.74) is 0.927. The smallest absolute Gasteiger partial charge is 0.266 e. The number of hydrogen-bond donors (Lipinski definition) is 2. The van der Waals surface area contributed by atoms with Crippen molar-refractivity contribution in [1.82, 2.24) is 10.2 Å². The van der Waals surface area contributed by atoms with E-state index in [1.165, 1.54) is 6.20 Å². The van der Waals surface area contributed by atoms with Crippen LogP contribution in [0.25, 0.3) is 0 Å². The van der Waals surface area contributed by atoms with Gasteiger partial charge in [-0.25, -0.2) is 0 Å². The van der Waals surface area contributed by atoms with Crippen molar-refractivity contribution in [3.8, 4) is 6.07 Å². The van der Waals surface area contributed by atoms with Gasteiger partial charge in [-0.3, -0.25) is 4.79 Å². The van der Waals surface area contributed by atoms with E-state index in [1.54, 1.807) is 4.90 Å². The molecule has 20 heavy (non-hydrogen) atoms. The minimum absolute atomic E-state index is 0.114. The van der Waals surface area contributed by atoms with Crippen LogP contribution in [0.15, 0.2) is 40.5 Å². The van der Waals surface area contributed by atoms with Gasteiger partial charge in [-0.15, -0.1) is 0 Å². The molecule has 0 bridgehead atoms. The van der Waals surface area contributed by atoms with Crippen molar-refractivity contribution in [1.29, 1.82) is 5.26 Å². The Morgan fingerprint density at radius 1 is 1.40 bits per heavy atom. The maximum Gasteiger partial charge on any atom is 0.266 e. The van der Waals surface area contributed by atoms with Gasteiger partial charge in [-0.1, -0.05) is 12.1 Å². The molecule has 104 valence electrons. The Bertz CT molecular complexity index is 559. The number of carbonyl (C=O) groups is 1. The molecular weight excluding hydrogens is 320 g/mol. The second-order valence-electron chi connectivity index (χ2n) is 4.34. The SMILES string of the molecule is N#C/C(=C/Nc1ccccc1Br)C(=O)N1CCNCC1. The molecule has 0 spiro atoms. The van der Waals surface area contributed by atoms with E-state index < -0.39 is 0 Å². The molecule has 1 aliphatic rings. The van der Waals surface area contributed by atoms with Crippen molar-refractivity contribution in [2.45, 2.75) is 0 Å². The average molecular weight is 335 g/mol. The number of nitrogens with zero attached hydrogens (tertiary/aromatic N) is 2. The number of hydrogen-bond acceptors (Lipinski definition) is 4. The molecule has 6 heteroatoms. The minimum atomic E-state index is -0.228. The Hall–Kier alpha value is -1.84. The van der Waals surface area contributed by atoms with Crippen LogP contribution in [-0.4, -0.2) is 37.0 Å². The van der Waals surface area contributed by atoms with E-state index in [2.05, 4.69) is 26.6 Å². The summed E-state index contributed by atoms with van der Waals surface area (Å²) in [5.74, 6) is -0.228. The minimum Gasteiger partial charge on any atom is -0.359 e. The van der Waals surface area contributed by atoms with Crippen LogP contribution in [0.4, 0.5) is 5.69 Å². The van der Waals surface area contributed by atoms with Crippen molar-refractivity contribution in [2.24, 2.45) is 0 Å². The highest BCUT2D eigenvalue weighted by Gasteiger charge is 2.19. The fourth-order valence-corrected chi connectivity index (χ4v) is 2.31. The molecule has 1 aromatic rings. The third-order valence-corrected chi connectivity index (χ3v) is 3.69. The van der Waals surface area contributed by atoms with Crippen molar-refractivity contribution >= 4 is 27.5 Å². The Morgan fingerprint density at radius 3 is 2.75 bits per heavy atom. The lowest BCUT2D eigenvalue weighted by Gasteiger charge is -2.27. The highest BCUT2D eigenvalue weighted by molar-refractivity contribution is 9.10. The molecule has 0 saturated carbocycles. The van der Waals surface area contributed by atoms with Crippen LogP contribution in [0.2, 0.25) is 0 Å². The zero-order valence-corrected chi connectivity index (χ0v) is 12.5. The van der Waals surface area contributed by atoms with Crippen LogP contribution in [0.1, 0.15) is 0 Å². The maximum absolute atomic E-state index is 12.2. The van der Waals surface area contributed by atoms with E-state index in [0.29, 0.717) is 13.1 Å². The van der Waals surface area contributed by atoms with Crippen LogP contribution >= 0.6 is 15.9 Å². The first-order chi connectivity index (χ1) is 9.72. The molecule has 0 atom stereocenters. The molecule has 1 amide bonds. The zero-order valence-electron chi connectivity index (χ0n) is 10.9. The van der Waals surface area contributed by atoms with Gasteiger partial charge in [0, 0.05) is 36.9 Å². The van der Waals surface area contributed by atoms with Crippen LogP contribution in [0.5, 0.6) is 0 Å². The topological polar surface area (TPSA) is 68.2 Å². The number of rotatable bonds is 3. The number of benzene rings is 1. The zero-order chi connectivity index (χ0) is 14.4. The predicted molar refractivity (Wildman–Crippen MR) is 80.9 cm³/mol. The number of piperazine rings is 1. The molecule has 0 aromatic heterocycles. The van der Waals surface area contributed by atoms with Gasteiger partial charge in [-0.05, 0) is 28.1 Å². The molecule has 1 aliphatic heterocycles. The van der Waals surface area contributed by atoms with Gasteiger partial charge in [0.25, 0.3) is 5.91 Å². The number of halogens is 1. The Labute approximate surface area is 126 Å². The van der Waals surface area contributed by atoms with Gasteiger partial charge in [0.1, 0.15) is 11.6 Å². The van der Waals surface area contributed by atoms with E-state index in [1.807, 2.05) is 30.3 Å². The van der Waals surface area contributed by atoms with Gasteiger partial charge in [0.2, 0.25) is 0 Å². The summed E-state index contributed by atoms with van der Waals surface area (Å²) < 4.78 is 0.878. The van der Waals surface area contributed by atoms with E-state index >= 15 is 0 Å². The number of nitrogens with one attached hydrogen (secondary N) is 2. The summed E-state index contributed by atoms with van der Waals surface area (Å²) in [6, 6.07) is 9.49. The summed E-state index contributed by atoms with van der Waals surface area (Å²) in [6.45, 7) is 2.80. The lowest BCUT2D eigenvalue weighted by molar-refractivity contribution is -0.127. The summed E-state index contributed by atoms with van der Waals surface area (Å²) in [4.78, 5) is 13.9. The molecule has 2 N–H and O–H groups in total. The highest BCUT2D eigenvalue weighted by Crippen LogP contribution is 2.21. The molecule has 0 radical (unpaired) electrons. The Balaban J connectivity index is 2.08. The van der Waals surface area contributed by atoms with Crippen molar-refractivity contribution < 1.29 is 4.79 Å². The van der Waals surface area contributed by atoms with Gasteiger partial charge >= 0.3 is 0 Å². The predicted octanol–water partition coefficient (Wildman–Crippen LogP) is 1.70.